The smallest absolute Gasteiger partial charge is 0.239 e. The largest absolute Gasteiger partial charge is 0.368 e. The third-order valence-electron chi connectivity index (χ3n) is 3.72. The predicted molar refractivity (Wildman–Crippen MR) is 85.7 cm³/mol. The van der Waals surface area contributed by atoms with Crippen LogP contribution in [0.25, 0.3) is 0 Å². The van der Waals surface area contributed by atoms with Crippen molar-refractivity contribution in [2.24, 2.45) is 5.73 Å². The average Bonchev–Trinajstić information content (AvgIpc) is 2.53. The second-order valence-electron chi connectivity index (χ2n) is 5.23. The first-order valence-electron chi connectivity index (χ1n) is 7.31. The minimum Gasteiger partial charge on any atom is -0.368 e. The van der Waals surface area contributed by atoms with Gasteiger partial charge in [-0.25, -0.2) is 0 Å². The summed E-state index contributed by atoms with van der Waals surface area (Å²) >= 11 is 0. The van der Waals surface area contributed by atoms with E-state index >= 15 is 0 Å². The van der Waals surface area contributed by atoms with Gasteiger partial charge in [-0.3, -0.25) is 10.1 Å². The number of nitrogens with one attached hydrogen (secondary N) is 1. The molecule has 0 bridgehead atoms. The van der Waals surface area contributed by atoms with Gasteiger partial charge in [-0.2, -0.15) is 0 Å². The number of carbonyl (C=O) groups is 1. The number of rotatable bonds is 6. The van der Waals surface area contributed by atoms with Crippen molar-refractivity contribution in [3.8, 4) is 0 Å². The molecule has 21 heavy (non-hydrogen) atoms. The Labute approximate surface area is 126 Å². The topological polar surface area (TPSA) is 55.1 Å². The molecular formula is C18H22N2O. The van der Waals surface area contributed by atoms with E-state index in [0.29, 0.717) is 0 Å². The highest BCUT2D eigenvalue weighted by molar-refractivity contribution is 5.81. The number of amides is 1. The molecule has 1 amide bonds. The van der Waals surface area contributed by atoms with Gasteiger partial charge in [0.15, 0.2) is 0 Å². The molecule has 0 aromatic heterocycles. The minimum atomic E-state index is -0.480. The third-order valence-corrected chi connectivity index (χ3v) is 3.72. The molecule has 0 radical (unpaired) electrons. The maximum atomic E-state index is 11.7. The Hall–Kier alpha value is -2.13. The molecule has 0 fully saturated rings. The fourth-order valence-electron chi connectivity index (χ4n) is 2.38. The molecule has 3 nitrogen and oxygen atoms in total. The van der Waals surface area contributed by atoms with Crippen LogP contribution in [0.1, 0.15) is 42.6 Å². The average molecular weight is 282 g/mol. The fourth-order valence-corrected chi connectivity index (χ4v) is 2.38. The second kappa shape index (κ2) is 7.04. The van der Waals surface area contributed by atoms with Crippen molar-refractivity contribution in [1.82, 2.24) is 5.32 Å². The van der Waals surface area contributed by atoms with Gasteiger partial charge in [-0.1, -0.05) is 61.5 Å². The quantitative estimate of drug-likeness (QED) is 0.855. The van der Waals surface area contributed by atoms with Gasteiger partial charge in [0.25, 0.3) is 0 Å². The van der Waals surface area contributed by atoms with Crippen molar-refractivity contribution in [2.75, 3.05) is 0 Å². The Morgan fingerprint density at radius 3 is 2.19 bits per heavy atom. The van der Waals surface area contributed by atoms with Gasteiger partial charge < -0.3 is 5.73 Å². The van der Waals surface area contributed by atoms with Crippen LogP contribution in [0.2, 0.25) is 0 Å². The van der Waals surface area contributed by atoms with Crippen molar-refractivity contribution in [3.05, 3.63) is 71.3 Å². The number of primary amides is 1. The van der Waals surface area contributed by atoms with Crippen LogP contribution in [0.5, 0.6) is 0 Å². The Morgan fingerprint density at radius 1 is 1.05 bits per heavy atom. The first-order chi connectivity index (χ1) is 10.1. The molecular weight excluding hydrogens is 260 g/mol. The summed E-state index contributed by atoms with van der Waals surface area (Å²) < 4.78 is 0. The number of hydrogen-bond acceptors (Lipinski definition) is 2. The molecule has 2 aromatic rings. The van der Waals surface area contributed by atoms with Gasteiger partial charge in [-0.05, 0) is 30.0 Å². The lowest BCUT2D eigenvalue weighted by Gasteiger charge is -2.22. The first-order valence-corrected chi connectivity index (χ1v) is 7.31. The Morgan fingerprint density at radius 2 is 1.67 bits per heavy atom. The van der Waals surface area contributed by atoms with E-state index in [0.717, 1.165) is 17.5 Å². The van der Waals surface area contributed by atoms with Crippen LogP contribution in [0.3, 0.4) is 0 Å². The zero-order valence-electron chi connectivity index (χ0n) is 12.5. The van der Waals surface area contributed by atoms with E-state index in [1.165, 1.54) is 5.56 Å². The summed E-state index contributed by atoms with van der Waals surface area (Å²) in [7, 11) is 0. The number of benzene rings is 2. The van der Waals surface area contributed by atoms with E-state index in [9.17, 15) is 4.79 Å². The second-order valence-corrected chi connectivity index (χ2v) is 5.23. The van der Waals surface area contributed by atoms with E-state index in [1.54, 1.807) is 0 Å². The molecule has 0 spiro atoms. The molecule has 0 saturated carbocycles. The summed E-state index contributed by atoms with van der Waals surface area (Å²) in [5.74, 6) is -0.363. The minimum absolute atomic E-state index is 0.0496. The standard InChI is InChI=1S/C18H22N2O/c1-3-14-9-11-15(12-10-14)13(2)20-17(18(19)21)16-7-5-4-6-8-16/h4-13,17,20H,3H2,1-2H3,(H2,19,21). The zero-order chi connectivity index (χ0) is 15.2. The lowest BCUT2D eigenvalue weighted by atomic mass is 10.0. The van der Waals surface area contributed by atoms with Gasteiger partial charge in [0.05, 0.1) is 0 Å². The highest BCUT2D eigenvalue weighted by Gasteiger charge is 2.20. The predicted octanol–water partition coefficient (Wildman–Crippen LogP) is 3.13. The van der Waals surface area contributed by atoms with Crippen LogP contribution in [0, 0.1) is 0 Å². The van der Waals surface area contributed by atoms with Crippen LogP contribution >= 0.6 is 0 Å². The molecule has 3 N–H and O–H groups in total. The SMILES string of the molecule is CCc1ccc(C(C)NC(C(N)=O)c2ccccc2)cc1. The fraction of sp³-hybridized carbons (Fsp3) is 0.278. The van der Waals surface area contributed by atoms with Gasteiger partial charge in [-0.15, -0.1) is 0 Å². The summed E-state index contributed by atoms with van der Waals surface area (Å²) in [6.45, 7) is 4.18. The zero-order valence-corrected chi connectivity index (χ0v) is 12.5. The van der Waals surface area contributed by atoms with Crippen LogP contribution in [0.15, 0.2) is 54.6 Å². The molecule has 110 valence electrons. The lowest BCUT2D eigenvalue weighted by molar-refractivity contribution is -0.120. The van der Waals surface area contributed by atoms with Gasteiger partial charge >= 0.3 is 0 Å². The summed E-state index contributed by atoms with van der Waals surface area (Å²) in [6, 6.07) is 17.6. The maximum Gasteiger partial charge on any atom is 0.239 e. The van der Waals surface area contributed by atoms with Crippen LogP contribution in [-0.2, 0) is 11.2 Å². The van der Waals surface area contributed by atoms with E-state index in [1.807, 2.05) is 37.3 Å². The maximum absolute atomic E-state index is 11.7. The van der Waals surface area contributed by atoms with Crippen LogP contribution in [0.4, 0.5) is 0 Å². The van der Waals surface area contributed by atoms with E-state index in [4.69, 9.17) is 5.73 Å². The van der Waals surface area contributed by atoms with Gasteiger partial charge in [0, 0.05) is 6.04 Å². The monoisotopic (exact) mass is 282 g/mol. The Bertz CT molecular complexity index is 578. The van der Waals surface area contributed by atoms with Crippen LogP contribution in [-0.4, -0.2) is 5.91 Å². The molecule has 0 aliphatic rings. The molecule has 2 aromatic carbocycles. The Balaban J connectivity index is 2.14. The van der Waals surface area contributed by atoms with Crippen molar-refractivity contribution in [1.29, 1.82) is 0 Å². The third kappa shape index (κ3) is 3.92. The summed E-state index contributed by atoms with van der Waals surface area (Å²) in [6.07, 6.45) is 1.02. The summed E-state index contributed by atoms with van der Waals surface area (Å²) in [5, 5.41) is 3.31. The molecule has 3 heteroatoms. The number of hydrogen-bond donors (Lipinski definition) is 2. The normalized spacial score (nSPS) is 13.6. The molecule has 0 aliphatic heterocycles. The van der Waals surface area contributed by atoms with Crippen LogP contribution < -0.4 is 11.1 Å². The van der Waals surface area contributed by atoms with Crippen molar-refractivity contribution in [3.63, 3.8) is 0 Å². The highest BCUT2D eigenvalue weighted by Crippen LogP contribution is 2.20. The van der Waals surface area contributed by atoms with Crippen molar-refractivity contribution >= 4 is 5.91 Å². The van der Waals surface area contributed by atoms with Crippen molar-refractivity contribution < 1.29 is 4.79 Å². The number of nitrogens with two attached hydrogens (primary N) is 1. The van der Waals surface area contributed by atoms with E-state index in [2.05, 4.69) is 36.5 Å². The highest BCUT2D eigenvalue weighted by atomic mass is 16.1. The van der Waals surface area contributed by atoms with Gasteiger partial charge in [0.1, 0.15) is 6.04 Å². The molecule has 2 rings (SSSR count). The number of aryl methyl sites for hydroxylation is 1. The van der Waals surface area contributed by atoms with Gasteiger partial charge in [0.2, 0.25) is 5.91 Å². The Kier molecular flexibility index (Phi) is 5.12. The lowest BCUT2D eigenvalue weighted by Crippen LogP contribution is -2.35. The van der Waals surface area contributed by atoms with E-state index < -0.39 is 6.04 Å². The molecule has 0 aliphatic carbocycles. The first kappa shape index (κ1) is 15.3. The number of carbonyl (C=O) groups excluding carboxylic acids is 1. The summed E-state index contributed by atoms with van der Waals surface area (Å²) in [5.41, 5.74) is 8.88. The molecule has 2 atom stereocenters. The summed E-state index contributed by atoms with van der Waals surface area (Å²) in [4.78, 5) is 11.7. The van der Waals surface area contributed by atoms with Crippen molar-refractivity contribution in [2.45, 2.75) is 32.4 Å². The van der Waals surface area contributed by atoms with E-state index in [-0.39, 0.29) is 11.9 Å². The molecule has 2 unspecified atom stereocenters. The molecule has 0 heterocycles. The molecule has 0 saturated heterocycles.